The van der Waals surface area contributed by atoms with Crippen molar-refractivity contribution in [3.05, 3.63) is 56.7 Å². The van der Waals surface area contributed by atoms with Crippen LogP contribution in [0.4, 0.5) is 5.69 Å². The Kier molecular flexibility index (Phi) is 5.95. The van der Waals surface area contributed by atoms with Gasteiger partial charge in [-0.05, 0) is 84.0 Å². The van der Waals surface area contributed by atoms with E-state index in [-0.39, 0.29) is 11.0 Å². The smallest absolute Gasteiger partial charge is 0.261 e. The number of thiocarbonyl (C=S) groups is 1. The Morgan fingerprint density at radius 3 is 2.57 bits per heavy atom. The zero-order valence-corrected chi connectivity index (χ0v) is 16.0. The maximum Gasteiger partial charge on any atom is 0.261 e. The standard InChI is InChI=1S/C17H17IN2O2S/c1-10-9-14(11(2)8-13(10)18)19-17(23)20-16(21)12-6-4-5-7-15(12)22-3/h4-9H,1-3H3,(H2,19,20,21,23). The molecule has 2 N–H and O–H groups in total. The summed E-state index contributed by atoms with van der Waals surface area (Å²) in [5, 5.41) is 6.01. The molecule has 0 fully saturated rings. The molecule has 0 spiro atoms. The van der Waals surface area contributed by atoms with Crippen LogP contribution >= 0.6 is 34.8 Å². The van der Waals surface area contributed by atoms with Gasteiger partial charge in [0.25, 0.3) is 5.91 Å². The average molecular weight is 440 g/mol. The first-order chi connectivity index (χ1) is 10.9. The molecule has 0 heterocycles. The molecule has 0 atom stereocenters. The van der Waals surface area contributed by atoms with Crippen LogP contribution in [0.1, 0.15) is 21.5 Å². The van der Waals surface area contributed by atoms with Crippen molar-refractivity contribution in [2.45, 2.75) is 13.8 Å². The zero-order chi connectivity index (χ0) is 17.0. The Balaban J connectivity index is 2.11. The van der Waals surface area contributed by atoms with Gasteiger partial charge in [-0.1, -0.05) is 12.1 Å². The van der Waals surface area contributed by atoms with E-state index in [0.29, 0.717) is 11.3 Å². The second-order valence-electron chi connectivity index (χ2n) is 5.02. The molecule has 0 aliphatic heterocycles. The van der Waals surface area contributed by atoms with E-state index in [0.717, 1.165) is 16.8 Å². The molecule has 0 aliphatic carbocycles. The van der Waals surface area contributed by atoms with Gasteiger partial charge in [-0.2, -0.15) is 0 Å². The summed E-state index contributed by atoms with van der Waals surface area (Å²) in [6.45, 7) is 4.03. The molecule has 1 amide bonds. The molecular weight excluding hydrogens is 423 g/mol. The van der Waals surface area contributed by atoms with Gasteiger partial charge in [0.2, 0.25) is 0 Å². The van der Waals surface area contributed by atoms with E-state index in [1.807, 2.05) is 26.0 Å². The van der Waals surface area contributed by atoms with E-state index < -0.39 is 0 Å². The maximum atomic E-state index is 12.3. The van der Waals surface area contributed by atoms with Crippen LogP contribution in [0.5, 0.6) is 5.75 Å². The third-order valence-electron chi connectivity index (χ3n) is 3.33. The zero-order valence-electron chi connectivity index (χ0n) is 13.1. The summed E-state index contributed by atoms with van der Waals surface area (Å²) in [7, 11) is 1.53. The minimum atomic E-state index is -0.306. The molecule has 2 rings (SSSR count). The number of amides is 1. The van der Waals surface area contributed by atoms with E-state index in [4.69, 9.17) is 17.0 Å². The van der Waals surface area contributed by atoms with Crippen molar-refractivity contribution in [3.63, 3.8) is 0 Å². The lowest BCUT2D eigenvalue weighted by molar-refractivity contribution is 0.0975. The lowest BCUT2D eigenvalue weighted by atomic mass is 10.1. The Morgan fingerprint density at radius 2 is 1.87 bits per heavy atom. The highest BCUT2D eigenvalue weighted by Gasteiger charge is 2.13. The van der Waals surface area contributed by atoms with Crippen molar-refractivity contribution in [3.8, 4) is 5.75 Å². The van der Waals surface area contributed by atoms with Crippen LogP contribution < -0.4 is 15.4 Å². The predicted molar refractivity (Wildman–Crippen MR) is 105 cm³/mol. The van der Waals surface area contributed by atoms with Crippen LogP contribution in [-0.2, 0) is 0 Å². The molecule has 2 aromatic rings. The van der Waals surface area contributed by atoms with Crippen LogP contribution in [0.2, 0.25) is 0 Å². The molecule has 23 heavy (non-hydrogen) atoms. The first kappa shape index (κ1) is 17.7. The van der Waals surface area contributed by atoms with E-state index >= 15 is 0 Å². The number of para-hydroxylation sites is 1. The number of nitrogens with one attached hydrogen (secondary N) is 2. The van der Waals surface area contributed by atoms with Gasteiger partial charge >= 0.3 is 0 Å². The summed E-state index contributed by atoms with van der Waals surface area (Å²) >= 11 is 7.53. The second-order valence-corrected chi connectivity index (χ2v) is 6.60. The number of ether oxygens (including phenoxy) is 1. The first-order valence-corrected chi connectivity index (χ1v) is 8.43. The highest BCUT2D eigenvalue weighted by atomic mass is 127. The fourth-order valence-corrected chi connectivity index (χ4v) is 2.90. The van der Waals surface area contributed by atoms with Crippen LogP contribution in [0, 0.1) is 17.4 Å². The summed E-state index contributed by atoms with van der Waals surface area (Å²) in [6.07, 6.45) is 0. The van der Waals surface area contributed by atoms with Gasteiger partial charge in [0.05, 0.1) is 12.7 Å². The van der Waals surface area contributed by atoms with Crippen LogP contribution in [0.3, 0.4) is 0 Å². The third kappa shape index (κ3) is 4.42. The largest absolute Gasteiger partial charge is 0.496 e. The van der Waals surface area contributed by atoms with Crippen molar-refractivity contribution in [2.24, 2.45) is 0 Å². The van der Waals surface area contributed by atoms with Gasteiger partial charge in [-0.15, -0.1) is 0 Å². The normalized spacial score (nSPS) is 10.1. The van der Waals surface area contributed by atoms with E-state index in [1.54, 1.807) is 18.2 Å². The number of carbonyl (C=O) groups excluding carboxylic acids is 1. The lowest BCUT2D eigenvalue weighted by Gasteiger charge is -2.14. The van der Waals surface area contributed by atoms with Crippen molar-refractivity contribution in [1.29, 1.82) is 0 Å². The van der Waals surface area contributed by atoms with Crippen LogP contribution in [0.15, 0.2) is 36.4 Å². The Morgan fingerprint density at radius 1 is 1.17 bits per heavy atom. The molecule has 0 radical (unpaired) electrons. The third-order valence-corrected chi connectivity index (χ3v) is 4.70. The molecule has 0 aliphatic rings. The monoisotopic (exact) mass is 440 g/mol. The summed E-state index contributed by atoms with van der Waals surface area (Å²) in [6, 6.07) is 11.1. The summed E-state index contributed by atoms with van der Waals surface area (Å²) in [4.78, 5) is 12.3. The number of hydrogen-bond donors (Lipinski definition) is 2. The van der Waals surface area contributed by atoms with Gasteiger partial charge in [-0.25, -0.2) is 0 Å². The number of rotatable bonds is 3. The Bertz CT molecular complexity index is 762. The predicted octanol–water partition coefficient (Wildman–Crippen LogP) is 4.04. The van der Waals surface area contributed by atoms with E-state index in [2.05, 4.69) is 39.3 Å². The molecule has 120 valence electrons. The Hall–Kier alpha value is -1.67. The Labute approximate surface area is 154 Å². The lowest BCUT2D eigenvalue weighted by Crippen LogP contribution is -2.34. The van der Waals surface area contributed by atoms with Gasteiger partial charge in [0.1, 0.15) is 5.75 Å². The molecule has 2 aromatic carbocycles. The number of hydrogen-bond acceptors (Lipinski definition) is 3. The number of benzene rings is 2. The van der Waals surface area contributed by atoms with Gasteiger partial charge < -0.3 is 10.1 Å². The minimum Gasteiger partial charge on any atom is -0.496 e. The fraction of sp³-hybridized carbons (Fsp3) is 0.176. The number of aryl methyl sites for hydroxylation is 2. The first-order valence-electron chi connectivity index (χ1n) is 6.94. The van der Waals surface area contributed by atoms with Gasteiger partial charge in [-0.3, -0.25) is 10.1 Å². The van der Waals surface area contributed by atoms with Crippen LogP contribution in [-0.4, -0.2) is 18.1 Å². The van der Waals surface area contributed by atoms with Gasteiger partial charge in [0, 0.05) is 9.26 Å². The number of anilines is 1. The minimum absolute atomic E-state index is 0.254. The van der Waals surface area contributed by atoms with Crippen molar-refractivity contribution >= 4 is 51.5 Å². The van der Waals surface area contributed by atoms with E-state index in [1.165, 1.54) is 10.7 Å². The molecule has 0 bridgehead atoms. The summed E-state index contributed by atoms with van der Waals surface area (Å²) in [5.41, 5.74) is 3.54. The van der Waals surface area contributed by atoms with E-state index in [9.17, 15) is 4.79 Å². The SMILES string of the molecule is COc1ccccc1C(=O)NC(=S)Nc1cc(C)c(I)cc1C. The summed E-state index contributed by atoms with van der Waals surface area (Å²) in [5.74, 6) is 0.203. The number of carbonyl (C=O) groups is 1. The van der Waals surface area contributed by atoms with Crippen molar-refractivity contribution in [2.75, 3.05) is 12.4 Å². The van der Waals surface area contributed by atoms with Crippen LogP contribution in [0.25, 0.3) is 0 Å². The average Bonchev–Trinajstić information content (AvgIpc) is 2.52. The molecule has 6 heteroatoms. The summed E-state index contributed by atoms with van der Waals surface area (Å²) < 4.78 is 6.38. The maximum absolute atomic E-state index is 12.3. The van der Waals surface area contributed by atoms with Crippen molar-refractivity contribution < 1.29 is 9.53 Å². The number of methoxy groups -OCH3 is 1. The van der Waals surface area contributed by atoms with Gasteiger partial charge in [0.15, 0.2) is 5.11 Å². The molecule has 0 saturated carbocycles. The molecule has 0 unspecified atom stereocenters. The van der Waals surface area contributed by atoms with Crippen molar-refractivity contribution in [1.82, 2.24) is 5.32 Å². The second kappa shape index (κ2) is 7.74. The molecule has 4 nitrogen and oxygen atoms in total. The molecule has 0 aromatic heterocycles. The number of halogens is 1. The topological polar surface area (TPSA) is 50.4 Å². The fourth-order valence-electron chi connectivity index (χ4n) is 2.07. The highest BCUT2D eigenvalue weighted by Crippen LogP contribution is 2.22. The quantitative estimate of drug-likeness (QED) is 0.559. The highest BCUT2D eigenvalue weighted by molar-refractivity contribution is 14.1. The molecule has 0 saturated heterocycles. The molecular formula is C17H17IN2O2S.